The number of nitrogens with zero attached hydrogens (tertiary/aromatic N) is 1. The summed E-state index contributed by atoms with van der Waals surface area (Å²) in [6.45, 7) is 3.69. The molecular weight excluding hydrogens is 633 g/mol. The van der Waals surface area contributed by atoms with Gasteiger partial charge in [0.05, 0.1) is 48.4 Å². The first kappa shape index (κ1) is 30.5. The third-order valence-corrected chi connectivity index (χ3v) is 12.1. The maximum Gasteiger partial charge on any atom is 0.344 e. The molecule has 1 N–H and O–H groups in total. The van der Waals surface area contributed by atoms with Crippen LogP contribution in [0.25, 0.3) is 0 Å². The second-order valence-electron chi connectivity index (χ2n) is 11.7. The lowest BCUT2D eigenvalue weighted by atomic mass is 9.68. The fraction of sp³-hybridized carbons (Fsp3) is 0.424. The van der Waals surface area contributed by atoms with Gasteiger partial charge in [0.25, 0.3) is 0 Å². The molecule has 7 atom stereocenters. The van der Waals surface area contributed by atoms with E-state index in [-0.39, 0.29) is 65.4 Å². The predicted molar refractivity (Wildman–Crippen MR) is 169 cm³/mol. The van der Waals surface area contributed by atoms with E-state index in [4.69, 9.17) is 18.9 Å². The van der Waals surface area contributed by atoms with Crippen LogP contribution in [-0.2, 0) is 23.9 Å². The summed E-state index contributed by atoms with van der Waals surface area (Å²) >= 11 is 2.78. The van der Waals surface area contributed by atoms with Crippen molar-refractivity contribution >= 4 is 52.5 Å². The predicted octanol–water partition coefficient (Wildman–Crippen LogP) is 4.24. The average molecular weight is 665 g/mol. The number of thioether (sulfide) groups is 1. The molecule has 2 aliphatic carbocycles. The smallest absolute Gasteiger partial charge is 0.344 e. The molecule has 7 rings (SSSR count). The highest BCUT2D eigenvalue weighted by molar-refractivity contribution is 8.00. The van der Waals surface area contributed by atoms with Crippen LogP contribution in [0.3, 0.4) is 0 Å². The molecule has 3 aromatic rings. The number of H-pyrrole nitrogens is 1. The molecular formula is C33H32N2O9S2. The average Bonchev–Trinajstić information content (AvgIpc) is 3.79. The van der Waals surface area contributed by atoms with E-state index >= 15 is 0 Å². The second-order valence-corrected chi connectivity index (χ2v) is 13.9. The maximum atomic E-state index is 14.1. The molecule has 240 valence electrons. The van der Waals surface area contributed by atoms with Crippen LogP contribution in [0.5, 0.6) is 11.5 Å². The number of aromatic amines is 1. The van der Waals surface area contributed by atoms with E-state index < -0.39 is 23.8 Å². The Morgan fingerprint density at radius 3 is 2.35 bits per heavy atom. The van der Waals surface area contributed by atoms with Gasteiger partial charge in [-0.25, -0.2) is 9.59 Å². The number of aromatic nitrogens is 1. The van der Waals surface area contributed by atoms with Gasteiger partial charge in [0.2, 0.25) is 11.8 Å². The molecule has 3 heterocycles. The molecule has 0 radical (unpaired) electrons. The number of fused-ring (bicyclic) bond motifs is 9. The van der Waals surface area contributed by atoms with Crippen molar-refractivity contribution in [2.45, 2.75) is 36.5 Å². The number of methoxy groups -OCH3 is 1. The quantitative estimate of drug-likeness (QED) is 0.261. The highest BCUT2D eigenvalue weighted by atomic mass is 32.2. The number of rotatable bonds is 9. The van der Waals surface area contributed by atoms with E-state index in [1.165, 1.54) is 23.3 Å². The fourth-order valence-corrected chi connectivity index (χ4v) is 10.8. The zero-order valence-electron chi connectivity index (χ0n) is 25.3. The Balaban J connectivity index is 1.21. The molecule has 2 amide bonds. The van der Waals surface area contributed by atoms with Gasteiger partial charge < -0.3 is 23.9 Å². The minimum Gasteiger partial charge on any atom is -0.493 e. The molecule has 2 saturated carbocycles. The Hall–Kier alpha value is -4.10. The molecule has 4 aliphatic rings. The van der Waals surface area contributed by atoms with Gasteiger partial charge in [0.15, 0.2) is 18.1 Å². The molecule has 1 aromatic heterocycles. The maximum absolute atomic E-state index is 14.1. The summed E-state index contributed by atoms with van der Waals surface area (Å²) < 4.78 is 21.4. The van der Waals surface area contributed by atoms with Gasteiger partial charge in [-0.3, -0.25) is 19.3 Å². The third kappa shape index (κ3) is 4.82. The van der Waals surface area contributed by atoms with E-state index in [1.54, 1.807) is 55.9 Å². The van der Waals surface area contributed by atoms with Gasteiger partial charge in [-0.1, -0.05) is 17.4 Å². The Labute approximate surface area is 272 Å². The van der Waals surface area contributed by atoms with E-state index in [2.05, 4.69) is 4.98 Å². The normalized spacial score (nSPS) is 27.2. The standard InChI is InChI=1S/C33H32N2O9S2/c1-4-42-22(36)14-44-20-11-8-16(12-21(20)41-3)23-24-18-13-19(27(24)45-29-28(23)46-33(40)34-29)26-25(18)30(37)35(31(26)38)17-9-6-15(7-10-17)32(39)43-5-2/h6-12,18-19,23-27H,4-5,13-14H2,1-3H3,(H,34,40)/t18-,19-,23-,24?,25?,26?,27?/m1/s1. The number of carbonyl (C=O) groups excluding carboxylic acids is 4. The second kappa shape index (κ2) is 11.9. The number of amides is 2. The van der Waals surface area contributed by atoms with Crippen LogP contribution in [-0.4, -0.2) is 60.9 Å². The van der Waals surface area contributed by atoms with Gasteiger partial charge >= 0.3 is 16.8 Å². The minimum atomic E-state index is -0.487. The monoisotopic (exact) mass is 664 g/mol. The summed E-state index contributed by atoms with van der Waals surface area (Å²) in [4.78, 5) is 69.8. The van der Waals surface area contributed by atoms with Crippen LogP contribution in [0.15, 0.2) is 52.3 Å². The van der Waals surface area contributed by atoms with Crippen molar-refractivity contribution in [3.8, 4) is 11.5 Å². The van der Waals surface area contributed by atoms with Crippen molar-refractivity contribution in [2.24, 2.45) is 29.6 Å². The van der Waals surface area contributed by atoms with E-state index in [1.807, 2.05) is 12.1 Å². The number of benzene rings is 2. The van der Waals surface area contributed by atoms with Crippen molar-refractivity contribution in [1.29, 1.82) is 0 Å². The number of nitrogens with one attached hydrogen (secondary N) is 1. The number of anilines is 1. The van der Waals surface area contributed by atoms with Crippen molar-refractivity contribution in [3.63, 3.8) is 0 Å². The van der Waals surface area contributed by atoms with Gasteiger partial charge in [0.1, 0.15) is 0 Å². The molecule has 2 aromatic carbocycles. The zero-order chi connectivity index (χ0) is 32.3. The summed E-state index contributed by atoms with van der Waals surface area (Å²) in [5.41, 5.74) is 1.69. The highest BCUT2D eigenvalue weighted by Gasteiger charge is 2.69. The Kier molecular flexibility index (Phi) is 7.92. The molecule has 2 bridgehead atoms. The largest absolute Gasteiger partial charge is 0.493 e. The Morgan fingerprint density at radius 2 is 1.65 bits per heavy atom. The Morgan fingerprint density at radius 1 is 0.935 bits per heavy atom. The van der Waals surface area contributed by atoms with E-state index in [0.717, 1.165) is 21.9 Å². The molecule has 3 fully saturated rings. The number of hydrogen-bond donors (Lipinski definition) is 1. The van der Waals surface area contributed by atoms with Crippen LogP contribution in [0.2, 0.25) is 0 Å². The molecule has 13 heteroatoms. The zero-order valence-corrected chi connectivity index (χ0v) is 27.0. The number of imide groups is 1. The highest BCUT2D eigenvalue weighted by Crippen LogP contribution is 2.68. The van der Waals surface area contributed by atoms with E-state index in [0.29, 0.717) is 22.7 Å². The summed E-state index contributed by atoms with van der Waals surface area (Å²) in [5.74, 6) is -1.82. The summed E-state index contributed by atoms with van der Waals surface area (Å²) in [7, 11) is 1.52. The van der Waals surface area contributed by atoms with Gasteiger partial charge in [-0.2, -0.15) is 0 Å². The lowest BCUT2D eigenvalue weighted by Gasteiger charge is -2.43. The Bertz CT molecular complexity index is 1780. The van der Waals surface area contributed by atoms with Gasteiger partial charge in [-0.05, 0) is 80.0 Å². The first-order valence-electron chi connectivity index (χ1n) is 15.3. The number of ether oxygens (including phenoxy) is 4. The van der Waals surface area contributed by atoms with Crippen LogP contribution >= 0.6 is 23.1 Å². The first-order chi connectivity index (χ1) is 22.2. The van der Waals surface area contributed by atoms with Crippen LogP contribution < -0.4 is 19.2 Å². The van der Waals surface area contributed by atoms with Gasteiger partial charge in [0, 0.05) is 16.0 Å². The lowest BCUT2D eigenvalue weighted by Crippen LogP contribution is -2.42. The number of esters is 2. The SMILES string of the molecule is CCOC(=O)COc1ccc([C@H]2c3sc(=O)[nH]c3SC3C2[C@H]2C[C@@H]3C3C(=O)N(c4ccc(C(=O)OCC)cc4)C(=O)C32)cc1OC. The summed E-state index contributed by atoms with van der Waals surface area (Å²) in [6, 6.07) is 11.9. The molecule has 2 aliphatic heterocycles. The topological polar surface area (TPSA) is 141 Å². The van der Waals surface area contributed by atoms with Crippen LogP contribution in [0, 0.1) is 29.6 Å². The molecule has 11 nitrogen and oxygen atoms in total. The van der Waals surface area contributed by atoms with Crippen molar-refractivity contribution < 1.29 is 38.1 Å². The van der Waals surface area contributed by atoms with Crippen LogP contribution in [0.4, 0.5) is 5.69 Å². The number of carbonyl (C=O) groups is 4. The lowest BCUT2D eigenvalue weighted by molar-refractivity contribution is -0.145. The first-order valence-corrected chi connectivity index (χ1v) is 17.0. The van der Waals surface area contributed by atoms with Gasteiger partial charge in [-0.15, -0.1) is 11.8 Å². The van der Waals surface area contributed by atoms with E-state index in [9.17, 15) is 24.0 Å². The molecule has 0 spiro atoms. The molecule has 4 unspecified atom stereocenters. The third-order valence-electron chi connectivity index (χ3n) is 9.56. The molecule has 1 saturated heterocycles. The number of hydrogen-bond acceptors (Lipinski definition) is 11. The van der Waals surface area contributed by atoms with Crippen molar-refractivity contribution in [2.75, 3.05) is 31.8 Å². The van der Waals surface area contributed by atoms with Crippen molar-refractivity contribution in [3.05, 3.63) is 68.1 Å². The minimum absolute atomic E-state index is 0.00547. The van der Waals surface area contributed by atoms with Crippen LogP contribution in [0.1, 0.15) is 47.0 Å². The van der Waals surface area contributed by atoms with Crippen molar-refractivity contribution in [1.82, 2.24) is 4.98 Å². The summed E-state index contributed by atoms with van der Waals surface area (Å²) in [6.07, 6.45) is 0.748. The molecule has 46 heavy (non-hydrogen) atoms. The number of thiazole rings is 1. The summed E-state index contributed by atoms with van der Waals surface area (Å²) in [5, 5.41) is 0.817. The fourth-order valence-electron chi connectivity index (χ4n) is 7.94.